The second-order valence-electron chi connectivity index (χ2n) is 3.25. The second kappa shape index (κ2) is 4.14. The average molecular weight is 179 g/mol. The largest absolute Gasteiger partial charge is 0.398 e. The zero-order valence-corrected chi connectivity index (χ0v) is 8.25. The zero-order chi connectivity index (χ0) is 9.84. The highest BCUT2D eigenvalue weighted by Gasteiger charge is 2.00. The van der Waals surface area contributed by atoms with Gasteiger partial charge in [0.2, 0.25) is 0 Å². The third-order valence-corrected chi connectivity index (χ3v) is 2.17. The quantitative estimate of drug-likeness (QED) is 0.680. The Bertz CT molecular complexity index is 283. The highest BCUT2D eigenvalue weighted by molar-refractivity contribution is 5.59. The van der Waals surface area contributed by atoms with E-state index < -0.39 is 0 Å². The Morgan fingerprint density at radius 1 is 1.38 bits per heavy atom. The van der Waals surface area contributed by atoms with E-state index in [1.807, 2.05) is 26.1 Å². The Morgan fingerprint density at radius 3 is 2.62 bits per heavy atom. The molecule has 4 N–H and O–H groups in total. The van der Waals surface area contributed by atoms with E-state index in [0.717, 1.165) is 23.5 Å². The van der Waals surface area contributed by atoms with Gasteiger partial charge in [-0.25, -0.2) is 0 Å². The van der Waals surface area contributed by atoms with Crippen LogP contribution in [0.1, 0.15) is 5.56 Å². The Hall–Kier alpha value is -1.22. The van der Waals surface area contributed by atoms with Gasteiger partial charge in [-0.15, -0.1) is 0 Å². The molecule has 1 aromatic rings. The first-order valence-corrected chi connectivity index (χ1v) is 4.42. The van der Waals surface area contributed by atoms with Crippen LogP contribution >= 0.6 is 0 Å². The minimum absolute atomic E-state index is 0.657. The number of likely N-dealkylation sites (N-methyl/N-ethyl adjacent to an activating group) is 1. The number of benzene rings is 1. The fraction of sp³-hybridized carbons (Fsp3) is 0.400. The molecule has 13 heavy (non-hydrogen) atoms. The molecule has 1 rings (SSSR count). The van der Waals surface area contributed by atoms with E-state index >= 15 is 0 Å². The third kappa shape index (κ3) is 2.36. The maximum atomic E-state index is 5.80. The molecule has 1 aromatic carbocycles. The molecule has 0 radical (unpaired) electrons. The van der Waals surface area contributed by atoms with E-state index in [-0.39, 0.29) is 0 Å². The molecule has 72 valence electrons. The molecule has 0 spiro atoms. The summed E-state index contributed by atoms with van der Waals surface area (Å²) < 4.78 is 0. The number of nitrogens with zero attached hydrogens (tertiary/aromatic N) is 1. The van der Waals surface area contributed by atoms with Gasteiger partial charge in [-0.2, -0.15) is 0 Å². The molecule has 0 aliphatic heterocycles. The maximum Gasteiger partial charge on any atom is 0.0384 e. The molecule has 0 saturated carbocycles. The molecule has 0 aliphatic rings. The molecule has 0 amide bonds. The molecule has 0 bridgehead atoms. The van der Waals surface area contributed by atoms with Crippen molar-refractivity contribution in [2.75, 3.05) is 30.8 Å². The van der Waals surface area contributed by atoms with Gasteiger partial charge < -0.3 is 16.4 Å². The van der Waals surface area contributed by atoms with E-state index in [0.29, 0.717) is 6.54 Å². The van der Waals surface area contributed by atoms with Crippen LogP contribution in [0.4, 0.5) is 11.4 Å². The molecule has 0 fully saturated rings. The van der Waals surface area contributed by atoms with Crippen molar-refractivity contribution in [3.63, 3.8) is 0 Å². The van der Waals surface area contributed by atoms with Crippen molar-refractivity contribution in [3.05, 3.63) is 23.8 Å². The number of nitrogen functional groups attached to an aromatic ring is 1. The number of hydrogen-bond acceptors (Lipinski definition) is 3. The number of anilines is 2. The summed E-state index contributed by atoms with van der Waals surface area (Å²) in [5.74, 6) is 0. The maximum absolute atomic E-state index is 5.80. The molecule has 3 heteroatoms. The van der Waals surface area contributed by atoms with Crippen LogP contribution in [0.15, 0.2) is 18.2 Å². The predicted molar refractivity (Wildman–Crippen MR) is 57.9 cm³/mol. The van der Waals surface area contributed by atoms with Gasteiger partial charge >= 0.3 is 0 Å². The number of nitrogens with two attached hydrogens (primary N) is 2. The minimum Gasteiger partial charge on any atom is -0.398 e. The molecule has 0 saturated heterocycles. The van der Waals surface area contributed by atoms with Crippen molar-refractivity contribution >= 4 is 11.4 Å². The van der Waals surface area contributed by atoms with Gasteiger partial charge in [0.1, 0.15) is 0 Å². The number of hydrogen-bond donors (Lipinski definition) is 2. The second-order valence-corrected chi connectivity index (χ2v) is 3.25. The first-order valence-electron chi connectivity index (χ1n) is 4.42. The first kappa shape index (κ1) is 9.86. The van der Waals surface area contributed by atoms with Crippen molar-refractivity contribution in [3.8, 4) is 0 Å². The van der Waals surface area contributed by atoms with E-state index in [1.54, 1.807) is 0 Å². The lowest BCUT2D eigenvalue weighted by Gasteiger charge is -2.18. The molecule has 0 aliphatic carbocycles. The third-order valence-electron chi connectivity index (χ3n) is 2.17. The van der Waals surface area contributed by atoms with Crippen molar-refractivity contribution < 1.29 is 0 Å². The van der Waals surface area contributed by atoms with E-state index in [1.165, 1.54) is 0 Å². The molecular weight excluding hydrogens is 162 g/mol. The zero-order valence-electron chi connectivity index (χ0n) is 8.25. The van der Waals surface area contributed by atoms with Gasteiger partial charge in [0.05, 0.1) is 0 Å². The van der Waals surface area contributed by atoms with Crippen LogP contribution in [-0.2, 0) is 0 Å². The van der Waals surface area contributed by atoms with Crippen molar-refractivity contribution in [1.29, 1.82) is 0 Å². The SMILES string of the molecule is Cc1ccc(N(C)CCN)cc1N. The van der Waals surface area contributed by atoms with Crippen LogP contribution in [0, 0.1) is 6.92 Å². The van der Waals surface area contributed by atoms with Crippen LogP contribution in [0.2, 0.25) is 0 Å². The molecule has 3 nitrogen and oxygen atoms in total. The summed E-state index contributed by atoms with van der Waals surface area (Å²) >= 11 is 0. The summed E-state index contributed by atoms with van der Waals surface area (Å²) in [6.45, 7) is 3.51. The topological polar surface area (TPSA) is 55.3 Å². The molecule has 0 unspecified atom stereocenters. The number of aryl methyl sites for hydroxylation is 1. The van der Waals surface area contributed by atoms with Crippen molar-refractivity contribution in [2.45, 2.75) is 6.92 Å². The minimum atomic E-state index is 0.657. The lowest BCUT2D eigenvalue weighted by atomic mass is 10.2. The summed E-state index contributed by atoms with van der Waals surface area (Å²) in [5.41, 5.74) is 14.3. The first-order chi connectivity index (χ1) is 6.15. The van der Waals surface area contributed by atoms with Crippen LogP contribution in [0.5, 0.6) is 0 Å². The fourth-order valence-electron chi connectivity index (χ4n) is 1.19. The van der Waals surface area contributed by atoms with Gasteiger partial charge in [0.25, 0.3) is 0 Å². The Kier molecular flexibility index (Phi) is 3.14. The molecular formula is C10H17N3. The van der Waals surface area contributed by atoms with Crippen LogP contribution < -0.4 is 16.4 Å². The van der Waals surface area contributed by atoms with Gasteiger partial charge in [-0.05, 0) is 24.6 Å². The van der Waals surface area contributed by atoms with Gasteiger partial charge in [0.15, 0.2) is 0 Å². The summed E-state index contributed by atoms with van der Waals surface area (Å²) in [4.78, 5) is 2.09. The summed E-state index contributed by atoms with van der Waals surface area (Å²) in [5, 5.41) is 0. The van der Waals surface area contributed by atoms with Crippen LogP contribution in [0.3, 0.4) is 0 Å². The predicted octanol–water partition coefficient (Wildman–Crippen LogP) is 0.972. The summed E-state index contributed by atoms with van der Waals surface area (Å²) in [7, 11) is 2.01. The highest BCUT2D eigenvalue weighted by Crippen LogP contribution is 2.19. The molecule has 0 atom stereocenters. The average Bonchev–Trinajstić information content (AvgIpc) is 2.10. The van der Waals surface area contributed by atoms with E-state index in [9.17, 15) is 0 Å². The van der Waals surface area contributed by atoms with Gasteiger partial charge in [0, 0.05) is 31.5 Å². The van der Waals surface area contributed by atoms with Gasteiger partial charge in [-0.3, -0.25) is 0 Å². The highest BCUT2D eigenvalue weighted by atomic mass is 15.1. The van der Waals surface area contributed by atoms with Crippen LogP contribution in [0.25, 0.3) is 0 Å². The fourth-order valence-corrected chi connectivity index (χ4v) is 1.19. The lowest BCUT2D eigenvalue weighted by Crippen LogP contribution is -2.24. The monoisotopic (exact) mass is 179 g/mol. The Balaban J connectivity index is 2.84. The smallest absolute Gasteiger partial charge is 0.0384 e. The lowest BCUT2D eigenvalue weighted by molar-refractivity contribution is 0.886. The molecule has 0 aromatic heterocycles. The Morgan fingerprint density at radius 2 is 2.08 bits per heavy atom. The standard InChI is InChI=1S/C10H17N3/c1-8-3-4-9(7-10(8)12)13(2)6-5-11/h3-4,7H,5-6,11-12H2,1-2H3. The number of rotatable bonds is 3. The summed E-state index contributed by atoms with van der Waals surface area (Å²) in [6.07, 6.45) is 0. The van der Waals surface area contributed by atoms with Crippen LogP contribution in [-0.4, -0.2) is 20.1 Å². The normalized spacial score (nSPS) is 10.1. The Labute approximate surface area is 79.3 Å². The van der Waals surface area contributed by atoms with Crippen molar-refractivity contribution in [2.24, 2.45) is 5.73 Å². The van der Waals surface area contributed by atoms with E-state index in [2.05, 4.69) is 11.0 Å². The van der Waals surface area contributed by atoms with E-state index in [4.69, 9.17) is 11.5 Å². The summed E-state index contributed by atoms with van der Waals surface area (Å²) in [6, 6.07) is 6.06. The molecule has 0 heterocycles. The van der Waals surface area contributed by atoms with Gasteiger partial charge in [-0.1, -0.05) is 6.07 Å². The van der Waals surface area contributed by atoms with Crippen molar-refractivity contribution in [1.82, 2.24) is 0 Å².